The Balaban J connectivity index is 1.61. The first kappa shape index (κ1) is 21.1. The molecule has 0 saturated carbocycles. The molecule has 1 aliphatic heterocycles. The standard InChI is InChI=1S/C19H21ClN2O6S/c1-2-29(24,25)22(14-7-8-17-18(11-14)28-13-27-17)12-19(23)21-9-10-26-16-6-4-3-5-15(16)20/h3-8,11H,2,9-10,12-13H2,1H3,(H,21,23). The topological polar surface area (TPSA) is 94.2 Å². The van der Waals surface area contributed by atoms with Gasteiger partial charge < -0.3 is 19.5 Å². The molecule has 0 fully saturated rings. The smallest absolute Gasteiger partial charge is 0.240 e. The Morgan fingerprint density at radius 3 is 2.72 bits per heavy atom. The van der Waals surface area contributed by atoms with Gasteiger partial charge in [-0.25, -0.2) is 8.42 Å². The van der Waals surface area contributed by atoms with E-state index in [1.807, 2.05) is 0 Å². The number of carbonyl (C=O) groups is 1. The SMILES string of the molecule is CCS(=O)(=O)N(CC(=O)NCCOc1ccccc1Cl)c1ccc2c(c1)OCO2. The van der Waals surface area contributed by atoms with Crippen LogP contribution in [0.5, 0.6) is 17.2 Å². The third kappa shape index (κ3) is 5.24. The Bertz CT molecular complexity index is 982. The number of hydrogen-bond acceptors (Lipinski definition) is 6. The lowest BCUT2D eigenvalue weighted by molar-refractivity contribution is -0.119. The number of halogens is 1. The van der Waals surface area contributed by atoms with Gasteiger partial charge in [0, 0.05) is 6.07 Å². The zero-order valence-corrected chi connectivity index (χ0v) is 17.3. The van der Waals surface area contributed by atoms with Crippen molar-refractivity contribution in [1.29, 1.82) is 0 Å². The van der Waals surface area contributed by atoms with Gasteiger partial charge in [0.1, 0.15) is 18.9 Å². The molecule has 0 spiro atoms. The average molecular weight is 441 g/mol. The van der Waals surface area contributed by atoms with Crippen LogP contribution in [0.4, 0.5) is 5.69 Å². The first-order valence-electron chi connectivity index (χ1n) is 8.95. The molecular weight excluding hydrogens is 420 g/mol. The van der Waals surface area contributed by atoms with E-state index in [1.54, 1.807) is 42.5 Å². The maximum absolute atomic E-state index is 12.5. The number of carbonyl (C=O) groups excluding carboxylic acids is 1. The van der Waals surface area contributed by atoms with Crippen LogP contribution in [0.2, 0.25) is 5.02 Å². The summed E-state index contributed by atoms with van der Waals surface area (Å²) >= 11 is 6.00. The molecule has 1 heterocycles. The van der Waals surface area contributed by atoms with Crippen molar-refractivity contribution in [3.05, 3.63) is 47.5 Å². The van der Waals surface area contributed by atoms with E-state index in [2.05, 4.69) is 5.32 Å². The third-order valence-corrected chi connectivity index (χ3v) is 6.20. The first-order chi connectivity index (χ1) is 13.9. The summed E-state index contributed by atoms with van der Waals surface area (Å²) in [6.45, 7) is 1.63. The number of para-hydroxylation sites is 1. The summed E-state index contributed by atoms with van der Waals surface area (Å²) in [4.78, 5) is 12.3. The van der Waals surface area contributed by atoms with Gasteiger partial charge in [0.05, 0.1) is 23.0 Å². The maximum atomic E-state index is 12.5. The van der Waals surface area contributed by atoms with Crippen LogP contribution < -0.4 is 23.8 Å². The van der Waals surface area contributed by atoms with Crippen LogP contribution in [0.15, 0.2) is 42.5 Å². The van der Waals surface area contributed by atoms with Crippen molar-refractivity contribution in [3.8, 4) is 17.2 Å². The number of ether oxygens (including phenoxy) is 3. The quantitative estimate of drug-likeness (QED) is 0.602. The number of rotatable bonds is 9. The van der Waals surface area contributed by atoms with E-state index in [1.165, 1.54) is 6.92 Å². The van der Waals surface area contributed by atoms with E-state index in [9.17, 15) is 13.2 Å². The van der Waals surface area contributed by atoms with E-state index < -0.39 is 15.9 Å². The molecule has 0 radical (unpaired) electrons. The second-order valence-corrected chi connectivity index (χ2v) is 8.66. The fourth-order valence-electron chi connectivity index (χ4n) is 2.65. The molecule has 0 atom stereocenters. The maximum Gasteiger partial charge on any atom is 0.240 e. The van der Waals surface area contributed by atoms with Crippen LogP contribution in [0.25, 0.3) is 0 Å². The zero-order valence-electron chi connectivity index (χ0n) is 15.8. The van der Waals surface area contributed by atoms with Crippen molar-refractivity contribution >= 4 is 33.2 Å². The van der Waals surface area contributed by atoms with Gasteiger partial charge in [0.25, 0.3) is 0 Å². The number of sulfonamides is 1. The second-order valence-electron chi connectivity index (χ2n) is 6.07. The highest BCUT2D eigenvalue weighted by molar-refractivity contribution is 7.92. The van der Waals surface area contributed by atoms with Crippen LogP contribution in [-0.4, -0.2) is 46.6 Å². The lowest BCUT2D eigenvalue weighted by Gasteiger charge is -2.23. The van der Waals surface area contributed by atoms with Gasteiger partial charge in [0.15, 0.2) is 11.5 Å². The molecule has 1 N–H and O–H groups in total. The first-order valence-corrected chi connectivity index (χ1v) is 10.9. The van der Waals surface area contributed by atoms with Gasteiger partial charge in [-0.05, 0) is 31.2 Å². The number of benzene rings is 2. The minimum absolute atomic E-state index is 0.0746. The van der Waals surface area contributed by atoms with Crippen LogP contribution in [0.1, 0.15) is 6.92 Å². The second kappa shape index (κ2) is 9.23. The number of nitrogens with one attached hydrogen (secondary N) is 1. The van der Waals surface area contributed by atoms with E-state index in [0.717, 1.165) is 4.31 Å². The number of amides is 1. The Morgan fingerprint density at radius 2 is 1.97 bits per heavy atom. The lowest BCUT2D eigenvalue weighted by Crippen LogP contribution is -2.42. The molecule has 1 aliphatic rings. The Kier molecular flexibility index (Phi) is 6.71. The Labute approximate surface area is 174 Å². The van der Waals surface area contributed by atoms with Gasteiger partial charge in [0.2, 0.25) is 22.7 Å². The highest BCUT2D eigenvalue weighted by Crippen LogP contribution is 2.36. The van der Waals surface area contributed by atoms with Crippen molar-refractivity contribution < 1.29 is 27.4 Å². The van der Waals surface area contributed by atoms with Crippen molar-refractivity contribution in [2.75, 3.05) is 36.5 Å². The van der Waals surface area contributed by atoms with Gasteiger partial charge in [-0.15, -0.1) is 0 Å². The summed E-state index contributed by atoms with van der Waals surface area (Å²) < 4.78 is 42.2. The van der Waals surface area contributed by atoms with E-state index in [0.29, 0.717) is 28.0 Å². The Morgan fingerprint density at radius 1 is 1.21 bits per heavy atom. The molecule has 2 aromatic carbocycles. The fourth-order valence-corrected chi connectivity index (χ4v) is 3.90. The summed E-state index contributed by atoms with van der Waals surface area (Å²) in [5.41, 5.74) is 0.332. The van der Waals surface area contributed by atoms with Gasteiger partial charge in [-0.2, -0.15) is 0 Å². The molecule has 8 nitrogen and oxygen atoms in total. The lowest BCUT2D eigenvalue weighted by atomic mass is 10.3. The molecule has 0 aliphatic carbocycles. The highest BCUT2D eigenvalue weighted by atomic mass is 35.5. The number of fused-ring (bicyclic) bond motifs is 1. The molecule has 29 heavy (non-hydrogen) atoms. The van der Waals surface area contributed by atoms with E-state index in [4.69, 9.17) is 25.8 Å². The molecule has 0 bridgehead atoms. The number of anilines is 1. The minimum Gasteiger partial charge on any atom is -0.490 e. The average Bonchev–Trinajstić information content (AvgIpc) is 3.18. The van der Waals surface area contributed by atoms with Gasteiger partial charge >= 0.3 is 0 Å². The predicted molar refractivity (Wildman–Crippen MR) is 109 cm³/mol. The molecule has 1 amide bonds. The van der Waals surface area contributed by atoms with Crippen molar-refractivity contribution in [1.82, 2.24) is 5.32 Å². The van der Waals surface area contributed by atoms with Crippen LogP contribution in [-0.2, 0) is 14.8 Å². The summed E-state index contributed by atoms with van der Waals surface area (Å²) in [6.07, 6.45) is 0. The molecule has 0 unspecified atom stereocenters. The summed E-state index contributed by atoms with van der Waals surface area (Å²) in [5, 5.41) is 3.13. The molecule has 156 valence electrons. The highest BCUT2D eigenvalue weighted by Gasteiger charge is 2.25. The van der Waals surface area contributed by atoms with Crippen LogP contribution in [0.3, 0.4) is 0 Å². The predicted octanol–water partition coefficient (Wildman–Crippen LogP) is 2.42. The normalized spacial score (nSPS) is 12.5. The van der Waals surface area contributed by atoms with Crippen molar-refractivity contribution in [2.24, 2.45) is 0 Å². The van der Waals surface area contributed by atoms with Crippen LogP contribution in [0, 0.1) is 0 Å². The summed E-state index contributed by atoms with van der Waals surface area (Å²) in [6, 6.07) is 11.7. The minimum atomic E-state index is -3.68. The fraction of sp³-hybridized carbons (Fsp3) is 0.316. The monoisotopic (exact) mass is 440 g/mol. The largest absolute Gasteiger partial charge is 0.490 e. The van der Waals surface area contributed by atoms with Crippen molar-refractivity contribution in [2.45, 2.75) is 6.92 Å². The number of nitrogens with zero attached hydrogens (tertiary/aromatic N) is 1. The molecule has 0 saturated heterocycles. The summed E-state index contributed by atoms with van der Waals surface area (Å²) in [7, 11) is -3.68. The Hall–Kier alpha value is -2.65. The van der Waals surface area contributed by atoms with Gasteiger partial charge in [-0.3, -0.25) is 9.10 Å². The van der Waals surface area contributed by atoms with Crippen molar-refractivity contribution in [3.63, 3.8) is 0 Å². The molecule has 0 aromatic heterocycles. The van der Waals surface area contributed by atoms with Gasteiger partial charge in [-0.1, -0.05) is 23.7 Å². The molecule has 3 rings (SSSR count). The third-order valence-electron chi connectivity index (χ3n) is 4.15. The molecule has 2 aromatic rings. The van der Waals surface area contributed by atoms with E-state index in [-0.39, 0.29) is 32.2 Å². The van der Waals surface area contributed by atoms with E-state index >= 15 is 0 Å². The van der Waals surface area contributed by atoms with Crippen LogP contribution >= 0.6 is 11.6 Å². The zero-order chi connectivity index (χ0) is 20.9. The molecular formula is C19H21ClN2O6S. The summed E-state index contributed by atoms with van der Waals surface area (Å²) in [5.74, 6) is 0.877. The number of hydrogen-bond donors (Lipinski definition) is 1. The molecule has 10 heteroatoms.